The molecule has 7 nitrogen and oxygen atoms in total. The van der Waals surface area contributed by atoms with Crippen molar-refractivity contribution in [3.05, 3.63) is 0 Å². The minimum absolute atomic E-state index is 0.748. The largest absolute Gasteiger partial charge is 0.479 e. The molecule has 0 aromatic rings. The van der Waals surface area contributed by atoms with E-state index in [1.165, 1.54) is 0 Å². The zero-order chi connectivity index (χ0) is 10.2. The van der Waals surface area contributed by atoms with Gasteiger partial charge in [0.25, 0.3) is 5.60 Å². The van der Waals surface area contributed by atoms with Gasteiger partial charge in [-0.05, 0) is 0 Å². The highest BCUT2D eigenvalue weighted by Crippen LogP contribution is 2.26. The number of carboxylic acid groups (broad SMARTS) is 1. The van der Waals surface area contributed by atoms with E-state index < -0.39 is 36.4 Å². The van der Waals surface area contributed by atoms with Gasteiger partial charge in [0, 0.05) is 0 Å². The zero-order valence-corrected chi connectivity index (χ0v) is 6.38. The van der Waals surface area contributed by atoms with Crippen LogP contribution in [0.4, 0.5) is 0 Å². The smallest absolute Gasteiger partial charge is 0.353 e. The van der Waals surface area contributed by atoms with Crippen molar-refractivity contribution < 1.29 is 34.8 Å². The Morgan fingerprint density at radius 1 is 1.62 bits per heavy atom. The van der Waals surface area contributed by atoms with Crippen molar-refractivity contribution in [2.75, 3.05) is 6.61 Å². The van der Waals surface area contributed by atoms with E-state index >= 15 is 0 Å². The maximum atomic E-state index is 10.8. The molecule has 1 aliphatic rings. The van der Waals surface area contributed by atoms with Crippen molar-refractivity contribution in [1.82, 2.24) is 0 Å². The van der Waals surface area contributed by atoms with E-state index in [0.29, 0.717) is 0 Å². The number of rotatable bonds is 2. The van der Waals surface area contributed by atoms with E-state index in [9.17, 15) is 14.7 Å². The second-order valence-corrected chi connectivity index (χ2v) is 2.64. The SMILES string of the molecule is O=C(O)C1(O)C(=O)OC(CO)C1O. The van der Waals surface area contributed by atoms with E-state index in [2.05, 4.69) is 4.74 Å². The van der Waals surface area contributed by atoms with Crippen molar-refractivity contribution in [2.24, 2.45) is 0 Å². The first-order chi connectivity index (χ1) is 5.94. The van der Waals surface area contributed by atoms with Crippen LogP contribution < -0.4 is 0 Å². The summed E-state index contributed by atoms with van der Waals surface area (Å²) < 4.78 is 4.23. The fourth-order valence-electron chi connectivity index (χ4n) is 1.03. The molecule has 0 spiro atoms. The van der Waals surface area contributed by atoms with Crippen LogP contribution in [0, 0.1) is 0 Å². The van der Waals surface area contributed by atoms with Crippen molar-refractivity contribution in [1.29, 1.82) is 0 Å². The van der Waals surface area contributed by atoms with E-state index in [0.717, 1.165) is 0 Å². The van der Waals surface area contributed by atoms with Crippen LogP contribution in [0.2, 0.25) is 0 Å². The average Bonchev–Trinajstić information content (AvgIpc) is 2.30. The Hall–Kier alpha value is -1.18. The predicted octanol–water partition coefficient (Wildman–Crippen LogP) is -2.92. The first-order valence-corrected chi connectivity index (χ1v) is 3.40. The molecule has 1 aliphatic heterocycles. The van der Waals surface area contributed by atoms with Gasteiger partial charge >= 0.3 is 11.9 Å². The van der Waals surface area contributed by atoms with Crippen molar-refractivity contribution >= 4 is 11.9 Å². The Labute approximate surface area is 72.2 Å². The number of ether oxygens (including phenoxy) is 1. The standard InChI is InChI=1S/C6H8O7/c7-1-2-3(8)6(12,4(9)10)5(11)13-2/h2-3,7-8,12H,1H2,(H,9,10). The molecule has 0 radical (unpaired) electrons. The van der Waals surface area contributed by atoms with Crippen LogP contribution in [0.1, 0.15) is 0 Å². The van der Waals surface area contributed by atoms with Crippen LogP contribution in [0.3, 0.4) is 0 Å². The van der Waals surface area contributed by atoms with Crippen LogP contribution in [-0.4, -0.2) is 56.8 Å². The molecule has 1 heterocycles. The van der Waals surface area contributed by atoms with Crippen LogP contribution in [0.25, 0.3) is 0 Å². The third kappa shape index (κ3) is 1.17. The summed E-state index contributed by atoms with van der Waals surface area (Å²) in [7, 11) is 0. The number of carbonyl (C=O) groups excluding carboxylic acids is 1. The molecule has 0 aliphatic carbocycles. The summed E-state index contributed by atoms with van der Waals surface area (Å²) in [6.07, 6.45) is -3.35. The molecule has 4 N–H and O–H groups in total. The van der Waals surface area contributed by atoms with E-state index in [4.69, 9.17) is 15.3 Å². The molecule has 0 aromatic heterocycles. The van der Waals surface area contributed by atoms with Crippen molar-refractivity contribution in [3.63, 3.8) is 0 Å². The van der Waals surface area contributed by atoms with Gasteiger partial charge in [-0.3, -0.25) is 0 Å². The molecule has 7 heteroatoms. The van der Waals surface area contributed by atoms with Crippen molar-refractivity contribution in [3.8, 4) is 0 Å². The molecular formula is C6H8O7. The van der Waals surface area contributed by atoms with Crippen molar-refractivity contribution in [2.45, 2.75) is 17.8 Å². The molecule has 0 amide bonds. The van der Waals surface area contributed by atoms with E-state index in [1.807, 2.05) is 0 Å². The topological polar surface area (TPSA) is 124 Å². The monoisotopic (exact) mass is 192 g/mol. The number of hydrogen-bond donors (Lipinski definition) is 4. The zero-order valence-electron chi connectivity index (χ0n) is 6.38. The summed E-state index contributed by atoms with van der Waals surface area (Å²) in [4.78, 5) is 21.2. The first kappa shape index (κ1) is 9.90. The van der Waals surface area contributed by atoms with Crippen LogP contribution in [-0.2, 0) is 14.3 Å². The molecule has 0 aromatic carbocycles. The average molecular weight is 192 g/mol. The van der Waals surface area contributed by atoms with E-state index in [1.54, 1.807) is 0 Å². The third-order valence-electron chi connectivity index (χ3n) is 1.86. The maximum absolute atomic E-state index is 10.8. The number of cyclic esters (lactones) is 1. The normalized spacial score (nSPS) is 38.8. The Bertz CT molecular complexity index is 249. The van der Waals surface area contributed by atoms with E-state index in [-0.39, 0.29) is 0 Å². The Morgan fingerprint density at radius 2 is 2.15 bits per heavy atom. The minimum atomic E-state index is -2.96. The number of aliphatic hydroxyl groups is 3. The van der Waals surface area contributed by atoms with Gasteiger partial charge in [-0.1, -0.05) is 0 Å². The number of esters is 1. The summed E-state index contributed by atoms with van der Waals surface area (Å²) in [5.41, 5.74) is -2.96. The Balaban J connectivity index is 2.99. The number of carboxylic acids is 1. The van der Waals surface area contributed by atoms with Crippen LogP contribution in [0.5, 0.6) is 0 Å². The lowest BCUT2D eigenvalue weighted by molar-refractivity contribution is -0.175. The third-order valence-corrected chi connectivity index (χ3v) is 1.86. The van der Waals surface area contributed by atoms with Gasteiger partial charge in [0.15, 0.2) is 6.10 Å². The second-order valence-electron chi connectivity index (χ2n) is 2.64. The quantitative estimate of drug-likeness (QED) is 0.273. The molecule has 3 unspecified atom stereocenters. The summed E-state index contributed by atoms with van der Waals surface area (Å²) >= 11 is 0. The minimum Gasteiger partial charge on any atom is -0.479 e. The van der Waals surface area contributed by atoms with Crippen LogP contribution >= 0.6 is 0 Å². The molecule has 3 atom stereocenters. The molecule has 13 heavy (non-hydrogen) atoms. The van der Waals surface area contributed by atoms with Gasteiger partial charge in [-0.25, -0.2) is 9.59 Å². The fraction of sp³-hybridized carbons (Fsp3) is 0.667. The van der Waals surface area contributed by atoms with Gasteiger partial charge in [0.1, 0.15) is 6.10 Å². The number of aliphatic hydroxyl groups excluding tert-OH is 2. The van der Waals surface area contributed by atoms with Gasteiger partial charge in [0.05, 0.1) is 6.61 Å². The maximum Gasteiger partial charge on any atom is 0.353 e. The first-order valence-electron chi connectivity index (χ1n) is 3.40. The van der Waals surface area contributed by atoms with Crippen LogP contribution in [0.15, 0.2) is 0 Å². The van der Waals surface area contributed by atoms with Gasteiger partial charge in [-0.15, -0.1) is 0 Å². The molecule has 1 fully saturated rings. The lowest BCUT2D eigenvalue weighted by Gasteiger charge is -2.17. The number of hydrogen-bond acceptors (Lipinski definition) is 6. The summed E-state index contributed by atoms with van der Waals surface area (Å²) in [5, 5.41) is 35.2. The Morgan fingerprint density at radius 3 is 2.38 bits per heavy atom. The van der Waals surface area contributed by atoms with Gasteiger partial charge < -0.3 is 25.2 Å². The molecule has 0 bridgehead atoms. The van der Waals surface area contributed by atoms with Gasteiger partial charge in [0.2, 0.25) is 0 Å². The molecular weight excluding hydrogens is 184 g/mol. The molecule has 0 saturated carbocycles. The predicted molar refractivity (Wildman–Crippen MR) is 35.6 cm³/mol. The highest BCUT2D eigenvalue weighted by molar-refractivity contribution is 6.04. The summed E-state index contributed by atoms with van der Waals surface area (Å²) in [5.74, 6) is -3.37. The molecule has 1 rings (SSSR count). The molecule has 74 valence electrons. The highest BCUT2D eigenvalue weighted by atomic mass is 16.6. The lowest BCUT2D eigenvalue weighted by atomic mass is 9.96. The summed E-state index contributed by atoms with van der Waals surface area (Å²) in [6, 6.07) is 0. The second kappa shape index (κ2) is 2.95. The number of aliphatic carboxylic acids is 1. The highest BCUT2D eigenvalue weighted by Gasteiger charge is 2.61. The number of carbonyl (C=O) groups is 2. The lowest BCUT2D eigenvalue weighted by Crippen LogP contribution is -2.53. The van der Waals surface area contributed by atoms with Gasteiger partial charge in [-0.2, -0.15) is 0 Å². The Kier molecular flexibility index (Phi) is 2.24. The fourth-order valence-corrected chi connectivity index (χ4v) is 1.03. The summed E-state index contributed by atoms with van der Waals surface area (Å²) in [6.45, 7) is -0.748. The molecule has 1 saturated heterocycles.